The highest BCUT2D eigenvalue weighted by Gasteiger charge is 2.12. The first-order valence-electron chi connectivity index (χ1n) is 6.01. The maximum Gasteiger partial charge on any atom is 0.329 e. The summed E-state index contributed by atoms with van der Waals surface area (Å²) in [5, 5.41) is 10.9. The molecule has 0 fully saturated rings. The molecule has 0 unspecified atom stereocenters. The van der Waals surface area contributed by atoms with E-state index in [1.807, 2.05) is 6.92 Å². The van der Waals surface area contributed by atoms with E-state index in [1.54, 1.807) is 18.2 Å². The number of aliphatic carboxylic acids is 1. The minimum Gasteiger partial charge on any atom is -0.480 e. The zero-order valence-electron chi connectivity index (χ0n) is 10.9. The van der Waals surface area contributed by atoms with E-state index in [4.69, 9.17) is 14.3 Å². The molecule has 7 nitrogen and oxygen atoms in total. The summed E-state index contributed by atoms with van der Waals surface area (Å²) in [7, 11) is 0. The van der Waals surface area contributed by atoms with Gasteiger partial charge in [-0.1, -0.05) is 0 Å². The molecule has 0 saturated carbocycles. The molecule has 0 aliphatic rings. The number of carbonyl (C=O) groups is 2. The first-order chi connectivity index (χ1) is 9.56. The third-order valence-corrected chi connectivity index (χ3v) is 2.49. The van der Waals surface area contributed by atoms with E-state index in [9.17, 15) is 9.59 Å². The van der Waals surface area contributed by atoms with E-state index in [1.165, 1.54) is 0 Å². The minimum absolute atomic E-state index is 0.121. The van der Waals surface area contributed by atoms with Crippen LogP contribution in [0.5, 0.6) is 0 Å². The SMILES string of the molecule is Cc1ccc2oc(C(=O)NCCOCC(=O)O)cc2n1. The van der Waals surface area contributed by atoms with Crippen LogP contribution in [0.2, 0.25) is 0 Å². The lowest BCUT2D eigenvalue weighted by molar-refractivity contribution is -0.142. The molecular formula is C13H14N2O5. The molecule has 0 aliphatic carbocycles. The second kappa shape index (κ2) is 6.16. The fourth-order valence-corrected chi connectivity index (χ4v) is 1.62. The highest BCUT2D eigenvalue weighted by atomic mass is 16.5. The van der Waals surface area contributed by atoms with Crippen LogP contribution in [0.25, 0.3) is 11.1 Å². The average Bonchev–Trinajstić information content (AvgIpc) is 2.80. The molecule has 0 aliphatic heterocycles. The zero-order valence-corrected chi connectivity index (χ0v) is 10.9. The summed E-state index contributed by atoms with van der Waals surface area (Å²) < 4.78 is 10.2. The van der Waals surface area contributed by atoms with Gasteiger partial charge in [0, 0.05) is 18.3 Å². The molecule has 106 valence electrons. The molecule has 0 spiro atoms. The van der Waals surface area contributed by atoms with Crippen molar-refractivity contribution in [3.8, 4) is 0 Å². The largest absolute Gasteiger partial charge is 0.480 e. The van der Waals surface area contributed by atoms with Crippen LogP contribution < -0.4 is 5.32 Å². The van der Waals surface area contributed by atoms with Crippen molar-refractivity contribution in [2.75, 3.05) is 19.8 Å². The van der Waals surface area contributed by atoms with Crippen LogP contribution in [-0.2, 0) is 9.53 Å². The van der Waals surface area contributed by atoms with Gasteiger partial charge in [-0.15, -0.1) is 0 Å². The van der Waals surface area contributed by atoms with Crippen molar-refractivity contribution < 1.29 is 23.8 Å². The second-order valence-electron chi connectivity index (χ2n) is 4.15. The summed E-state index contributed by atoms with van der Waals surface area (Å²) in [5.41, 5.74) is 2.01. The Hall–Kier alpha value is -2.41. The van der Waals surface area contributed by atoms with Crippen molar-refractivity contribution in [2.24, 2.45) is 0 Å². The van der Waals surface area contributed by atoms with Crippen molar-refractivity contribution in [1.82, 2.24) is 10.3 Å². The fourth-order valence-electron chi connectivity index (χ4n) is 1.62. The van der Waals surface area contributed by atoms with Crippen molar-refractivity contribution in [3.05, 3.63) is 29.7 Å². The average molecular weight is 278 g/mol. The summed E-state index contributed by atoms with van der Waals surface area (Å²) in [6.07, 6.45) is 0. The monoisotopic (exact) mass is 278 g/mol. The molecule has 2 aromatic rings. The van der Waals surface area contributed by atoms with Crippen molar-refractivity contribution in [3.63, 3.8) is 0 Å². The number of ether oxygens (including phenoxy) is 1. The lowest BCUT2D eigenvalue weighted by Crippen LogP contribution is -2.27. The van der Waals surface area contributed by atoms with Gasteiger partial charge >= 0.3 is 5.97 Å². The topological polar surface area (TPSA) is 102 Å². The Labute approximate surface area is 114 Å². The number of aryl methyl sites for hydroxylation is 1. The van der Waals surface area contributed by atoms with Crippen molar-refractivity contribution >= 4 is 23.0 Å². The molecule has 0 radical (unpaired) electrons. The Kier molecular flexibility index (Phi) is 4.31. The Morgan fingerprint density at radius 3 is 3.00 bits per heavy atom. The number of pyridine rings is 1. The number of carbonyl (C=O) groups excluding carboxylic acids is 1. The van der Waals surface area contributed by atoms with Gasteiger partial charge < -0.3 is 19.6 Å². The van der Waals surface area contributed by atoms with Crippen molar-refractivity contribution in [1.29, 1.82) is 0 Å². The van der Waals surface area contributed by atoms with Crippen LogP contribution in [-0.4, -0.2) is 41.7 Å². The molecule has 2 N–H and O–H groups in total. The highest BCUT2D eigenvalue weighted by Crippen LogP contribution is 2.17. The molecule has 1 amide bonds. The van der Waals surface area contributed by atoms with Gasteiger partial charge in [-0.25, -0.2) is 9.78 Å². The van der Waals surface area contributed by atoms with Crippen LogP contribution in [0.4, 0.5) is 0 Å². The first kappa shape index (κ1) is 14.0. The van der Waals surface area contributed by atoms with Gasteiger partial charge in [0.25, 0.3) is 5.91 Å². The molecule has 0 bridgehead atoms. The standard InChI is InChI=1S/C13H14N2O5/c1-8-2-3-10-9(15-8)6-11(20-10)13(18)14-4-5-19-7-12(16)17/h2-3,6H,4-5,7H2,1H3,(H,14,18)(H,16,17). The maximum atomic E-state index is 11.8. The molecule has 20 heavy (non-hydrogen) atoms. The van der Waals surface area contributed by atoms with E-state index in [0.717, 1.165) is 5.69 Å². The van der Waals surface area contributed by atoms with Gasteiger partial charge in [-0.05, 0) is 19.1 Å². The van der Waals surface area contributed by atoms with Gasteiger partial charge in [-0.2, -0.15) is 0 Å². The van der Waals surface area contributed by atoms with Crippen molar-refractivity contribution in [2.45, 2.75) is 6.92 Å². The lowest BCUT2D eigenvalue weighted by atomic mass is 10.3. The van der Waals surface area contributed by atoms with E-state index in [-0.39, 0.29) is 31.4 Å². The molecule has 2 heterocycles. The number of nitrogens with zero attached hydrogens (tertiary/aromatic N) is 1. The maximum absolute atomic E-state index is 11.8. The zero-order chi connectivity index (χ0) is 14.5. The predicted molar refractivity (Wildman–Crippen MR) is 69.5 cm³/mol. The number of furan rings is 1. The Morgan fingerprint density at radius 2 is 2.25 bits per heavy atom. The Bertz CT molecular complexity index is 635. The van der Waals surface area contributed by atoms with E-state index in [0.29, 0.717) is 11.1 Å². The summed E-state index contributed by atoms with van der Waals surface area (Å²) in [6, 6.07) is 5.12. The van der Waals surface area contributed by atoms with Crippen LogP contribution in [0, 0.1) is 6.92 Å². The lowest BCUT2D eigenvalue weighted by Gasteiger charge is -2.02. The van der Waals surface area contributed by atoms with Gasteiger partial charge in [0.1, 0.15) is 12.1 Å². The van der Waals surface area contributed by atoms with Crippen LogP contribution in [0.15, 0.2) is 22.6 Å². The third kappa shape index (κ3) is 3.55. The van der Waals surface area contributed by atoms with Crippen LogP contribution in [0.1, 0.15) is 16.2 Å². The number of fused-ring (bicyclic) bond motifs is 1. The second-order valence-corrected chi connectivity index (χ2v) is 4.15. The highest BCUT2D eigenvalue weighted by molar-refractivity contribution is 5.95. The number of amides is 1. The summed E-state index contributed by atoms with van der Waals surface area (Å²) in [5.74, 6) is -1.27. The van der Waals surface area contributed by atoms with Gasteiger partial charge in [-0.3, -0.25) is 4.79 Å². The van der Waals surface area contributed by atoms with Gasteiger partial charge in [0.05, 0.1) is 6.61 Å². The summed E-state index contributed by atoms with van der Waals surface area (Å²) >= 11 is 0. The summed E-state index contributed by atoms with van der Waals surface area (Å²) in [6.45, 7) is 1.79. The smallest absolute Gasteiger partial charge is 0.329 e. The van der Waals surface area contributed by atoms with E-state index in [2.05, 4.69) is 10.3 Å². The Balaban J connectivity index is 1.89. The number of carboxylic acids is 1. The fraction of sp³-hybridized carbons (Fsp3) is 0.308. The van der Waals surface area contributed by atoms with E-state index >= 15 is 0 Å². The van der Waals surface area contributed by atoms with E-state index < -0.39 is 5.97 Å². The molecule has 0 aromatic carbocycles. The number of hydrogen-bond donors (Lipinski definition) is 2. The molecule has 2 aromatic heterocycles. The van der Waals surface area contributed by atoms with Crippen LogP contribution >= 0.6 is 0 Å². The first-order valence-corrected chi connectivity index (χ1v) is 6.01. The molecule has 0 atom stereocenters. The number of hydrogen-bond acceptors (Lipinski definition) is 5. The summed E-state index contributed by atoms with van der Waals surface area (Å²) in [4.78, 5) is 26.2. The van der Waals surface area contributed by atoms with Crippen LogP contribution in [0.3, 0.4) is 0 Å². The number of nitrogens with one attached hydrogen (secondary N) is 1. The number of carboxylic acid groups (broad SMARTS) is 1. The number of rotatable bonds is 6. The third-order valence-electron chi connectivity index (χ3n) is 2.49. The van der Waals surface area contributed by atoms with Gasteiger partial charge in [0.15, 0.2) is 11.3 Å². The molecular weight excluding hydrogens is 264 g/mol. The molecule has 0 saturated heterocycles. The Morgan fingerprint density at radius 1 is 1.45 bits per heavy atom. The number of aromatic nitrogens is 1. The molecule has 7 heteroatoms. The van der Waals surface area contributed by atoms with Gasteiger partial charge in [0.2, 0.25) is 0 Å². The quantitative estimate of drug-likeness (QED) is 0.763. The minimum atomic E-state index is -1.05. The predicted octanol–water partition coefficient (Wildman–Crippen LogP) is 0.967. The normalized spacial score (nSPS) is 10.7. The molecule has 2 rings (SSSR count).